The minimum absolute atomic E-state index is 0. The zero-order valence-corrected chi connectivity index (χ0v) is 40.3. The summed E-state index contributed by atoms with van der Waals surface area (Å²) >= 11 is 0. The number of aromatic nitrogens is 4. The van der Waals surface area contributed by atoms with E-state index in [1.54, 1.807) is 25.1 Å². The molecule has 12 heteroatoms. The van der Waals surface area contributed by atoms with Crippen LogP contribution in [0.5, 0.6) is 11.5 Å². The van der Waals surface area contributed by atoms with Crippen molar-refractivity contribution in [2.24, 2.45) is 5.73 Å². The number of rotatable bonds is 18. The molecule has 0 atom stereocenters. The number of nitrogens with zero attached hydrogens (tertiary/aromatic N) is 3. The number of carbonyl (C=O) groups excluding carboxylic acids is 1. The van der Waals surface area contributed by atoms with Crippen molar-refractivity contribution in [3.8, 4) is 11.5 Å². The number of unbranched alkanes of at least 4 members (excludes halogenated alkanes) is 2. The number of fused-ring (bicyclic) bond motifs is 2. The summed E-state index contributed by atoms with van der Waals surface area (Å²) in [6.45, 7) is 5.83. The van der Waals surface area contributed by atoms with E-state index in [0.29, 0.717) is 41.6 Å². The van der Waals surface area contributed by atoms with Crippen molar-refractivity contribution in [3.63, 3.8) is 0 Å². The Labute approximate surface area is 409 Å². The van der Waals surface area contributed by atoms with Crippen molar-refractivity contribution >= 4 is 62.4 Å². The molecule has 0 aliphatic rings. The van der Waals surface area contributed by atoms with Gasteiger partial charge in [0.15, 0.2) is 0 Å². The fourth-order valence-electron chi connectivity index (χ4n) is 8.13. The Morgan fingerprint density at radius 3 is 1.45 bits per heavy atom. The number of hydrogen-bond acceptors (Lipinski definition) is 6. The van der Waals surface area contributed by atoms with Gasteiger partial charge in [0.25, 0.3) is 0 Å². The summed E-state index contributed by atoms with van der Waals surface area (Å²) in [4.78, 5) is 13.1. The summed E-state index contributed by atoms with van der Waals surface area (Å²) in [5, 5.41) is 13.9. The first-order valence-electron chi connectivity index (χ1n) is 23.1. The molecule has 4 N–H and O–H groups in total. The molecule has 0 fully saturated rings. The first kappa shape index (κ1) is 51.1. The first-order valence-corrected chi connectivity index (χ1v) is 23.1. The Morgan fingerprint density at radius 1 is 0.594 bits per heavy atom. The number of hydrogen-bond donors (Lipinski definition) is 3. The summed E-state index contributed by atoms with van der Waals surface area (Å²) in [6.07, 6.45) is 7.87. The molecule has 8 aromatic rings. The number of nitrogens with two attached hydrogens (primary N) is 1. The second-order valence-electron chi connectivity index (χ2n) is 16.4. The summed E-state index contributed by atoms with van der Waals surface area (Å²) in [7, 11) is 3.49. The molecule has 356 valence electrons. The zero-order chi connectivity index (χ0) is 47.8. The number of halogens is 3. The molecule has 0 saturated carbocycles. The number of aromatic amines is 2. The second-order valence-corrected chi connectivity index (χ2v) is 16.4. The van der Waals surface area contributed by atoms with Crippen LogP contribution in [-0.2, 0) is 4.79 Å². The largest absolute Gasteiger partial charge is 0.494 e. The third-order valence-corrected chi connectivity index (χ3v) is 11.6. The Kier molecular flexibility index (Phi) is 18.6. The fraction of sp³-hybridized carbons (Fsp3) is 0.211. The van der Waals surface area contributed by atoms with Crippen molar-refractivity contribution < 1.29 is 23.0 Å². The van der Waals surface area contributed by atoms with Gasteiger partial charge in [0, 0.05) is 20.6 Å². The van der Waals surface area contributed by atoms with Crippen LogP contribution < -0.4 is 15.2 Å². The van der Waals surface area contributed by atoms with Crippen LogP contribution in [0.4, 0.5) is 8.78 Å². The third kappa shape index (κ3) is 13.0. The monoisotopic (exact) mass is 948 g/mol. The molecule has 1 amide bonds. The van der Waals surface area contributed by atoms with E-state index < -0.39 is 11.9 Å². The maximum Gasteiger partial charge on any atom is 0.245 e. The summed E-state index contributed by atoms with van der Waals surface area (Å²) in [5.41, 5.74) is 17.5. The number of carbonyl (C=O) groups is 1. The summed E-state index contributed by atoms with van der Waals surface area (Å²) < 4.78 is 40.2. The van der Waals surface area contributed by atoms with Crippen LogP contribution in [-0.4, -0.2) is 65.1 Å². The lowest BCUT2D eigenvalue weighted by Gasteiger charge is -2.17. The van der Waals surface area contributed by atoms with E-state index in [1.165, 1.54) is 11.1 Å². The average Bonchev–Trinajstić information content (AvgIpc) is 3.94. The van der Waals surface area contributed by atoms with E-state index in [4.69, 9.17) is 15.2 Å². The molecule has 0 radical (unpaired) electrons. The number of amides is 1. The zero-order valence-electron chi connectivity index (χ0n) is 39.5. The minimum atomic E-state index is -0.428. The summed E-state index contributed by atoms with van der Waals surface area (Å²) in [5.74, 6) is 0.734. The van der Waals surface area contributed by atoms with Gasteiger partial charge in [-0.05, 0) is 142 Å². The van der Waals surface area contributed by atoms with Crippen LogP contribution in [0.2, 0.25) is 0 Å². The standard InChI is InChI=1S/C32H34FN3O2.C25H24FN3O.ClH/c1-4-27(23-12-8-7-9-13-23)31(25-17-20-29-28(22-25)32(33)35-34-29)24-15-18-26(19-16-24)38-21-11-6-5-10-14-30(37)36(2)3;1-2-21(17-6-4-3-5-7-17)24(18-8-11-20(12-9-18)30-15-14-27)19-10-13-23-22(16-19)25(26)29-28-23;/h7-10,12-20,22H,4-6,11,21H2,1-3H3,(H,34,35);3-13,16H,2,14-15,27H2,1H3,(H,28,29);1H/b14-10+,31-27+;24-21+;. The molecular weight excluding hydrogens is 890 g/mol. The van der Waals surface area contributed by atoms with Crippen molar-refractivity contribution in [1.29, 1.82) is 0 Å². The second kappa shape index (κ2) is 25.1. The number of benzene rings is 6. The number of ether oxygens (including phenoxy) is 2. The number of H-pyrrole nitrogens is 2. The highest BCUT2D eigenvalue weighted by atomic mass is 35.5. The van der Waals surface area contributed by atoms with Gasteiger partial charge in [-0.2, -0.15) is 19.0 Å². The quantitative estimate of drug-likeness (QED) is 0.0447. The maximum absolute atomic E-state index is 14.4. The van der Waals surface area contributed by atoms with Gasteiger partial charge in [-0.3, -0.25) is 15.0 Å². The normalized spacial score (nSPS) is 11.9. The van der Waals surface area contributed by atoms with Gasteiger partial charge >= 0.3 is 0 Å². The first-order chi connectivity index (χ1) is 33.2. The van der Waals surface area contributed by atoms with E-state index in [1.807, 2.05) is 115 Å². The van der Waals surface area contributed by atoms with Crippen LogP contribution in [0.1, 0.15) is 79.3 Å². The highest BCUT2D eigenvalue weighted by Gasteiger charge is 2.18. The van der Waals surface area contributed by atoms with Crippen molar-refractivity contribution in [3.05, 3.63) is 203 Å². The molecule has 6 aromatic carbocycles. The third-order valence-electron chi connectivity index (χ3n) is 11.6. The van der Waals surface area contributed by atoms with Gasteiger partial charge in [0.05, 0.1) is 28.4 Å². The lowest BCUT2D eigenvalue weighted by atomic mass is 9.88. The highest BCUT2D eigenvalue weighted by molar-refractivity contribution is 6.01. The van der Waals surface area contributed by atoms with Gasteiger partial charge < -0.3 is 20.1 Å². The molecule has 9 nitrogen and oxygen atoms in total. The van der Waals surface area contributed by atoms with Gasteiger partial charge in [0.2, 0.25) is 17.8 Å². The molecule has 69 heavy (non-hydrogen) atoms. The van der Waals surface area contributed by atoms with Crippen LogP contribution in [0.15, 0.2) is 158 Å². The lowest BCUT2D eigenvalue weighted by molar-refractivity contribution is -0.123. The smallest absolute Gasteiger partial charge is 0.245 e. The topological polar surface area (TPSA) is 122 Å². The SMILES string of the molecule is CC/C(=C(/c1ccc(OCCCC/C=C/C(=O)N(C)C)cc1)c1ccc2n[nH]c(F)c2c1)c1ccccc1.CC/C(=C(/c1ccc(OCCN)cc1)c1ccc2n[nH]c(F)c2c1)c1ccccc1.Cl. The van der Waals surface area contributed by atoms with E-state index in [2.05, 4.69) is 70.6 Å². The molecule has 0 saturated heterocycles. The lowest BCUT2D eigenvalue weighted by Crippen LogP contribution is -2.18. The molecule has 0 aliphatic carbocycles. The van der Waals surface area contributed by atoms with Crippen molar-refractivity contribution in [2.75, 3.05) is 33.9 Å². The Hall–Kier alpha value is -7.34. The van der Waals surface area contributed by atoms with E-state index >= 15 is 0 Å². The molecule has 8 rings (SSSR count). The Balaban J connectivity index is 0.000000229. The predicted octanol–water partition coefficient (Wildman–Crippen LogP) is 13.1. The Bertz CT molecular complexity index is 3000. The van der Waals surface area contributed by atoms with Gasteiger partial charge in [-0.25, -0.2) is 0 Å². The number of nitrogens with one attached hydrogen (secondary N) is 2. The van der Waals surface area contributed by atoms with E-state index in [-0.39, 0.29) is 18.3 Å². The molecule has 0 bridgehead atoms. The van der Waals surface area contributed by atoms with Crippen molar-refractivity contribution in [2.45, 2.75) is 46.0 Å². The molecular formula is C57H59ClF2N6O3. The molecule has 0 spiro atoms. The van der Waals surface area contributed by atoms with E-state index in [9.17, 15) is 13.6 Å². The number of allylic oxidation sites excluding steroid dienone is 3. The molecule has 2 aromatic heterocycles. The molecule has 0 aliphatic heterocycles. The predicted molar refractivity (Wildman–Crippen MR) is 279 cm³/mol. The van der Waals surface area contributed by atoms with Crippen LogP contribution >= 0.6 is 12.4 Å². The van der Waals surface area contributed by atoms with Gasteiger partial charge in [-0.1, -0.05) is 117 Å². The van der Waals surface area contributed by atoms with Crippen LogP contribution in [0, 0.1) is 11.9 Å². The van der Waals surface area contributed by atoms with Gasteiger partial charge in [0.1, 0.15) is 18.1 Å². The summed E-state index contributed by atoms with van der Waals surface area (Å²) in [6, 6.07) is 48.1. The highest BCUT2D eigenvalue weighted by Crippen LogP contribution is 2.38. The van der Waals surface area contributed by atoms with Crippen molar-refractivity contribution in [1.82, 2.24) is 25.3 Å². The minimum Gasteiger partial charge on any atom is -0.494 e. The Morgan fingerprint density at radius 2 is 1.03 bits per heavy atom. The molecule has 2 heterocycles. The number of likely N-dealkylation sites (N-methyl/N-ethyl adjacent to an activating group) is 1. The average molecular weight is 950 g/mol. The van der Waals surface area contributed by atoms with Gasteiger partial charge in [-0.15, -0.1) is 12.4 Å². The molecule has 0 unspecified atom stereocenters. The van der Waals surface area contributed by atoms with Crippen LogP contribution in [0.3, 0.4) is 0 Å². The van der Waals surface area contributed by atoms with E-state index in [0.717, 1.165) is 88.1 Å². The van der Waals surface area contributed by atoms with Crippen LogP contribution in [0.25, 0.3) is 44.1 Å². The fourth-order valence-corrected chi connectivity index (χ4v) is 8.13. The maximum atomic E-state index is 14.4.